The molecule has 2 aromatic rings. The van der Waals surface area contributed by atoms with Crippen molar-refractivity contribution in [1.29, 1.82) is 0 Å². The maximum atomic E-state index is 11.2. The van der Waals surface area contributed by atoms with Gasteiger partial charge in [-0.1, -0.05) is 17.7 Å². The third-order valence-electron chi connectivity index (χ3n) is 3.62. The Morgan fingerprint density at radius 1 is 1.25 bits per heavy atom. The van der Waals surface area contributed by atoms with Crippen LogP contribution < -0.4 is 9.47 Å². The van der Waals surface area contributed by atoms with Gasteiger partial charge in [0, 0.05) is 11.8 Å². The Hall–Kier alpha value is -3.32. The van der Waals surface area contributed by atoms with Gasteiger partial charge in [0.05, 0.1) is 23.4 Å². The van der Waals surface area contributed by atoms with Crippen molar-refractivity contribution in [3.8, 4) is 11.5 Å². The van der Waals surface area contributed by atoms with Gasteiger partial charge >= 0.3 is 11.9 Å². The predicted molar refractivity (Wildman–Crippen MR) is 106 cm³/mol. The molecule has 28 heavy (non-hydrogen) atoms. The van der Waals surface area contributed by atoms with Crippen molar-refractivity contribution in [1.82, 2.24) is 0 Å². The number of nitrogens with zero attached hydrogens (tertiary/aromatic N) is 1. The molecule has 0 amide bonds. The lowest BCUT2D eigenvalue weighted by atomic mass is 10.1. The minimum Gasteiger partial charge on any atom is -0.493 e. The van der Waals surface area contributed by atoms with Gasteiger partial charge in [-0.25, -0.2) is 9.59 Å². The van der Waals surface area contributed by atoms with E-state index in [1.54, 1.807) is 24.3 Å². The van der Waals surface area contributed by atoms with Gasteiger partial charge in [0.25, 0.3) is 0 Å². The third-order valence-corrected chi connectivity index (χ3v) is 3.95. The lowest BCUT2D eigenvalue weighted by molar-refractivity contribution is -0.139. The molecule has 0 unspecified atom stereocenters. The highest BCUT2D eigenvalue weighted by Gasteiger charge is 2.14. The zero-order valence-electron chi connectivity index (χ0n) is 15.0. The molecule has 2 N–H and O–H groups in total. The zero-order chi connectivity index (χ0) is 20.7. The zero-order valence-corrected chi connectivity index (χ0v) is 15.8. The summed E-state index contributed by atoms with van der Waals surface area (Å²) in [5, 5.41) is 18.1. The summed E-state index contributed by atoms with van der Waals surface area (Å²) in [6.45, 7) is 3.19. The average molecular weight is 404 g/mol. The largest absolute Gasteiger partial charge is 0.493 e. The molecular formula is C20H18ClNO6. The lowest BCUT2D eigenvalue weighted by Gasteiger charge is -2.14. The van der Waals surface area contributed by atoms with Crippen LogP contribution in [0.2, 0.25) is 5.02 Å². The van der Waals surface area contributed by atoms with Gasteiger partial charge in [-0.05, 0) is 42.3 Å². The monoisotopic (exact) mass is 403 g/mol. The molecule has 0 radical (unpaired) electrons. The molecule has 2 aromatic carbocycles. The van der Waals surface area contributed by atoms with E-state index in [1.807, 2.05) is 0 Å². The minimum absolute atomic E-state index is 0.0429. The van der Waals surface area contributed by atoms with Crippen LogP contribution in [0.25, 0.3) is 0 Å². The van der Waals surface area contributed by atoms with Crippen LogP contribution in [0.3, 0.4) is 0 Å². The first-order chi connectivity index (χ1) is 13.3. The molecule has 0 fully saturated rings. The Balaban J connectivity index is 2.40. The summed E-state index contributed by atoms with van der Waals surface area (Å²) in [5.41, 5.74) is 1.71. The second kappa shape index (κ2) is 9.57. The summed E-state index contributed by atoms with van der Waals surface area (Å²) in [4.78, 5) is 26.3. The topological polar surface area (TPSA) is 105 Å². The number of methoxy groups -OCH3 is 1. The Morgan fingerprint density at radius 3 is 2.61 bits per heavy atom. The summed E-state index contributed by atoms with van der Waals surface area (Å²) in [6.07, 6.45) is 3.61. The van der Waals surface area contributed by atoms with Crippen molar-refractivity contribution < 1.29 is 29.3 Å². The normalized spacial score (nSPS) is 10.6. The molecule has 0 heterocycles. The van der Waals surface area contributed by atoms with Gasteiger partial charge in [-0.15, -0.1) is 6.58 Å². The number of aliphatic carboxylic acids is 1. The first-order valence-corrected chi connectivity index (χ1v) is 8.46. The highest BCUT2D eigenvalue weighted by atomic mass is 35.5. The highest BCUT2D eigenvalue weighted by molar-refractivity contribution is 6.33. The maximum Gasteiger partial charge on any atom is 0.341 e. The van der Waals surface area contributed by atoms with E-state index in [0.29, 0.717) is 34.7 Å². The lowest BCUT2D eigenvalue weighted by Crippen LogP contribution is -2.11. The SMILES string of the molecule is C=CCc1cc(C=Nc2ccc(Cl)c(C(=O)O)c2)cc(OC)c1OCC(=O)O. The van der Waals surface area contributed by atoms with Crippen LogP contribution >= 0.6 is 11.6 Å². The Kier molecular flexibility index (Phi) is 7.17. The molecule has 2 rings (SSSR count). The molecule has 0 saturated carbocycles. The summed E-state index contributed by atoms with van der Waals surface area (Å²) in [7, 11) is 1.44. The van der Waals surface area contributed by atoms with Crippen LogP contribution in [-0.4, -0.2) is 42.1 Å². The molecule has 0 aliphatic heterocycles. The summed E-state index contributed by atoms with van der Waals surface area (Å²) in [6, 6.07) is 7.83. The summed E-state index contributed by atoms with van der Waals surface area (Å²) >= 11 is 5.86. The van der Waals surface area contributed by atoms with E-state index in [-0.39, 0.29) is 10.6 Å². The Labute approximate surface area is 166 Å². The van der Waals surface area contributed by atoms with Gasteiger partial charge in [0.15, 0.2) is 18.1 Å². The van der Waals surface area contributed by atoms with Crippen molar-refractivity contribution in [2.45, 2.75) is 6.42 Å². The Bertz CT molecular complexity index is 939. The third kappa shape index (κ3) is 5.34. The summed E-state index contributed by atoms with van der Waals surface area (Å²) < 4.78 is 10.7. The number of halogens is 1. The second-order valence-corrected chi connectivity index (χ2v) is 6.02. The van der Waals surface area contributed by atoms with E-state index in [1.165, 1.54) is 25.5 Å². The van der Waals surface area contributed by atoms with Gasteiger partial charge < -0.3 is 19.7 Å². The smallest absolute Gasteiger partial charge is 0.341 e. The molecule has 146 valence electrons. The van der Waals surface area contributed by atoms with Crippen LogP contribution in [0.15, 0.2) is 48.0 Å². The Morgan fingerprint density at radius 2 is 2.00 bits per heavy atom. The number of aromatic carboxylic acids is 1. The van der Waals surface area contributed by atoms with Crippen molar-refractivity contribution in [2.75, 3.05) is 13.7 Å². The van der Waals surface area contributed by atoms with Gasteiger partial charge in [-0.2, -0.15) is 0 Å². The fourth-order valence-corrected chi connectivity index (χ4v) is 2.62. The van der Waals surface area contributed by atoms with Crippen LogP contribution in [0, 0.1) is 0 Å². The predicted octanol–water partition coefficient (Wildman–Crippen LogP) is 3.99. The van der Waals surface area contributed by atoms with Crippen LogP contribution in [-0.2, 0) is 11.2 Å². The van der Waals surface area contributed by atoms with E-state index in [9.17, 15) is 9.59 Å². The quantitative estimate of drug-likeness (QED) is 0.484. The number of hydrogen-bond acceptors (Lipinski definition) is 5. The molecule has 0 bridgehead atoms. The van der Waals surface area contributed by atoms with Crippen molar-refractivity contribution in [3.05, 3.63) is 64.7 Å². The van der Waals surface area contributed by atoms with E-state index in [4.69, 9.17) is 31.3 Å². The van der Waals surface area contributed by atoms with E-state index in [0.717, 1.165) is 0 Å². The number of carbonyl (C=O) groups is 2. The number of aliphatic imine (C=N–C) groups is 1. The number of ether oxygens (including phenoxy) is 2. The minimum atomic E-state index is -1.14. The molecule has 7 nitrogen and oxygen atoms in total. The first-order valence-electron chi connectivity index (χ1n) is 8.09. The maximum absolute atomic E-state index is 11.2. The van der Waals surface area contributed by atoms with Gasteiger partial charge in [0.1, 0.15) is 0 Å². The van der Waals surface area contributed by atoms with E-state index < -0.39 is 18.5 Å². The van der Waals surface area contributed by atoms with Crippen LogP contribution in [0.4, 0.5) is 5.69 Å². The highest BCUT2D eigenvalue weighted by Crippen LogP contribution is 2.33. The van der Waals surface area contributed by atoms with Crippen LogP contribution in [0.5, 0.6) is 11.5 Å². The second-order valence-electron chi connectivity index (χ2n) is 5.61. The molecule has 0 aliphatic carbocycles. The molecule has 8 heteroatoms. The van der Waals surface area contributed by atoms with Gasteiger partial charge in [-0.3, -0.25) is 4.99 Å². The molecule has 0 spiro atoms. The number of rotatable bonds is 9. The number of carboxylic acid groups (broad SMARTS) is 2. The van der Waals surface area contributed by atoms with E-state index >= 15 is 0 Å². The number of carboxylic acids is 2. The summed E-state index contributed by atoms with van der Waals surface area (Å²) in [5.74, 6) is -1.57. The fraction of sp³-hybridized carbons (Fsp3) is 0.150. The standard InChI is InChI=1S/C20H18ClNO6/c1-3-4-13-7-12(8-17(27-2)19(13)28-11-18(23)24)10-22-14-5-6-16(21)15(9-14)20(25)26/h3,5-10H,1,4,11H2,2H3,(H,23,24)(H,25,26). The fourth-order valence-electron chi connectivity index (χ4n) is 2.42. The molecular weight excluding hydrogens is 386 g/mol. The number of benzene rings is 2. The average Bonchev–Trinajstić information content (AvgIpc) is 2.65. The van der Waals surface area contributed by atoms with Gasteiger partial charge in [0.2, 0.25) is 0 Å². The first kappa shape index (κ1) is 21.0. The number of allylic oxidation sites excluding steroid dienone is 1. The van der Waals surface area contributed by atoms with Crippen molar-refractivity contribution in [2.24, 2.45) is 4.99 Å². The molecule has 0 aromatic heterocycles. The van der Waals surface area contributed by atoms with Crippen molar-refractivity contribution >= 4 is 35.4 Å². The van der Waals surface area contributed by atoms with Crippen molar-refractivity contribution in [3.63, 3.8) is 0 Å². The molecule has 0 saturated heterocycles. The molecule has 0 aliphatic rings. The van der Waals surface area contributed by atoms with Crippen LogP contribution in [0.1, 0.15) is 21.5 Å². The number of hydrogen-bond donors (Lipinski definition) is 2. The van der Waals surface area contributed by atoms with E-state index in [2.05, 4.69) is 11.6 Å². The molecule has 0 atom stereocenters.